The Labute approximate surface area is 119 Å². The van der Waals surface area contributed by atoms with Crippen molar-refractivity contribution in [2.45, 2.75) is 6.92 Å². The fraction of sp³-hybridized carbons (Fsp3) is 0.0526. The molecule has 0 spiro atoms. The van der Waals surface area contributed by atoms with Crippen LogP contribution in [0.1, 0.15) is 5.56 Å². The average molecular weight is 259 g/mol. The third-order valence-corrected chi connectivity index (χ3v) is 3.57. The van der Waals surface area contributed by atoms with Gasteiger partial charge in [-0.15, -0.1) is 0 Å². The first-order chi connectivity index (χ1) is 9.79. The summed E-state index contributed by atoms with van der Waals surface area (Å²) in [6, 6.07) is 23.1. The van der Waals surface area contributed by atoms with Crippen molar-refractivity contribution in [2.24, 2.45) is 0 Å². The maximum atomic E-state index is 3.72. The van der Waals surface area contributed by atoms with E-state index in [4.69, 9.17) is 0 Å². The molecule has 0 saturated carbocycles. The highest BCUT2D eigenvalue weighted by Gasteiger charge is 2.17. The summed E-state index contributed by atoms with van der Waals surface area (Å²) < 4.78 is 0. The van der Waals surface area contributed by atoms with Crippen LogP contribution < -0.4 is 4.90 Å². The molecule has 0 aromatic heterocycles. The summed E-state index contributed by atoms with van der Waals surface area (Å²) >= 11 is 0. The Bertz CT molecular complexity index is 689. The Morgan fingerprint density at radius 3 is 1.75 bits per heavy atom. The second-order valence-corrected chi connectivity index (χ2v) is 4.87. The third kappa shape index (κ3) is 2.19. The molecule has 2 heterocycles. The Morgan fingerprint density at radius 1 is 0.850 bits per heavy atom. The molecule has 2 bridgehead atoms. The van der Waals surface area contributed by atoms with Crippen LogP contribution in [0, 0.1) is 6.92 Å². The van der Waals surface area contributed by atoms with Crippen LogP contribution in [0.3, 0.4) is 0 Å². The topological polar surface area (TPSA) is 3.24 Å². The fourth-order valence-corrected chi connectivity index (χ4v) is 2.42. The number of hydrogen-bond donors (Lipinski definition) is 0. The van der Waals surface area contributed by atoms with E-state index in [2.05, 4.69) is 85.1 Å². The second-order valence-electron chi connectivity index (χ2n) is 4.87. The van der Waals surface area contributed by atoms with E-state index in [1.165, 1.54) is 27.7 Å². The summed E-state index contributed by atoms with van der Waals surface area (Å²) in [4.78, 5) is 2.09. The van der Waals surface area contributed by atoms with Gasteiger partial charge in [0.2, 0.25) is 0 Å². The van der Waals surface area contributed by atoms with Crippen molar-refractivity contribution >= 4 is 22.1 Å². The minimum Gasteiger partial charge on any atom is -0.317 e. The first-order valence-electron chi connectivity index (χ1n) is 6.76. The van der Waals surface area contributed by atoms with Gasteiger partial charge in [-0.3, -0.25) is 0 Å². The van der Waals surface area contributed by atoms with E-state index in [1.54, 1.807) is 0 Å². The summed E-state index contributed by atoms with van der Waals surface area (Å²) in [5.74, 6) is 0. The van der Waals surface area contributed by atoms with Gasteiger partial charge in [0.05, 0.1) is 5.69 Å². The number of nitrogens with zero attached hydrogens (tertiary/aromatic N) is 1. The lowest BCUT2D eigenvalue weighted by Gasteiger charge is -2.31. The quantitative estimate of drug-likeness (QED) is 0.563. The minimum atomic E-state index is 1.25. The highest BCUT2D eigenvalue weighted by molar-refractivity contribution is 5.82. The molecule has 0 radical (unpaired) electrons. The number of hydrogen-bond acceptors (Lipinski definition) is 1. The lowest BCUT2D eigenvalue weighted by molar-refractivity contribution is 1.18. The van der Waals surface area contributed by atoms with Crippen LogP contribution in [-0.2, 0) is 0 Å². The van der Waals surface area contributed by atoms with Gasteiger partial charge >= 0.3 is 0 Å². The SMILES string of the molecule is C=CN1c2ccc(C)c1c2.c1ccc2ccccc2c1. The molecule has 0 unspecified atom stereocenters. The Morgan fingerprint density at radius 2 is 1.40 bits per heavy atom. The fourth-order valence-electron chi connectivity index (χ4n) is 2.42. The van der Waals surface area contributed by atoms with Gasteiger partial charge in [0.25, 0.3) is 0 Å². The molecule has 2 aliphatic rings. The van der Waals surface area contributed by atoms with Crippen LogP contribution in [0.4, 0.5) is 11.4 Å². The van der Waals surface area contributed by atoms with E-state index in [0.717, 1.165) is 0 Å². The van der Waals surface area contributed by atoms with Crippen molar-refractivity contribution in [3.05, 3.63) is 85.1 Å². The monoisotopic (exact) mass is 259 g/mol. The van der Waals surface area contributed by atoms with E-state index in [-0.39, 0.29) is 0 Å². The normalized spacial score (nSPS) is 11.3. The van der Waals surface area contributed by atoms with Crippen molar-refractivity contribution < 1.29 is 0 Å². The highest BCUT2D eigenvalue weighted by Crippen LogP contribution is 2.39. The average Bonchev–Trinajstić information content (AvgIpc) is 2.48. The van der Waals surface area contributed by atoms with Gasteiger partial charge in [-0.1, -0.05) is 61.2 Å². The van der Waals surface area contributed by atoms with Crippen LogP contribution in [0.15, 0.2) is 79.5 Å². The highest BCUT2D eigenvalue weighted by atomic mass is 15.2. The van der Waals surface area contributed by atoms with Gasteiger partial charge < -0.3 is 4.90 Å². The number of rotatable bonds is 1. The molecule has 3 aromatic carbocycles. The first-order valence-corrected chi connectivity index (χ1v) is 6.76. The van der Waals surface area contributed by atoms with Gasteiger partial charge in [0.1, 0.15) is 0 Å². The zero-order valence-electron chi connectivity index (χ0n) is 11.6. The molecular weight excluding hydrogens is 242 g/mol. The molecule has 0 aliphatic carbocycles. The molecule has 5 rings (SSSR count). The van der Waals surface area contributed by atoms with Crippen LogP contribution in [-0.4, -0.2) is 0 Å². The summed E-state index contributed by atoms with van der Waals surface area (Å²) in [5.41, 5.74) is 3.85. The predicted molar refractivity (Wildman–Crippen MR) is 87.5 cm³/mol. The molecule has 1 nitrogen and oxygen atoms in total. The summed E-state index contributed by atoms with van der Waals surface area (Å²) in [7, 11) is 0. The molecule has 98 valence electrons. The number of aryl methyl sites for hydroxylation is 1. The van der Waals surface area contributed by atoms with Crippen LogP contribution in [0.5, 0.6) is 0 Å². The molecule has 1 heteroatoms. The van der Waals surface area contributed by atoms with Crippen LogP contribution in [0.25, 0.3) is 10.8 Å². The minimum absolute atomic E-state index is 1.25. The van der Waals surface area contributed by atoms with Gasteiger partial charge in [0, 0.05) is 11.9 Å². The Kier molecular flexibility index (Phi) is 3.26. The van der Waals surface area contributed by atoms with Crippen LogP contribution >= 0.6 is 0 Å². The molecule has 0 atom stereocenters. The van der Waals surface area contributed by atoms with Crippen molar-refractivity contribution in [3.8, 4) is 0 Å². The molecule has 0 fully saturated rings. The molecule has 0 amide bonds. The summed E-state index contributed by atoms with van der Waals surface area (Å²) in [6.45, 7) is 5.82. The van der Waals surface area contributed by atoms with E-state index in [0.29, 0.717) is 0 Å². The second kappa shape index (κ2) is 5.22. The van der Waals surface area contributed by atoms with Crippen molar-refractivity contribution in [1.29, 1.82) is 0 Å². The van der Waals surface area contributed by atoms with Gasteiger partial charge in [-0.25, -0.2) is 0 Å². The molecule has 3 aromatic rings. The van der Waals surface area contributed by atoms with Crippen molar-refractivity contribution in [3.63, 3.8) is 0 Å². The molecule has 2 aliphatic heterocycles. The zero-order chi connectivity index (χ0) is 13.9. The van der Waals surface area contributed by atoms with E-state index < -0.39 is 0 Å². The van der Waals surface area contributed by atoms with Crippen molar-refractivity contribution in [2.75, 3.05) is 4.90 Å². The predicted octanol–water partition coefficient (Wildman–Crippen LogP) is 5.43. The zero-order valence-corrected chi connectivity index (χ0v) is 11.6. The number of fused-ring (bicyclic) bond motifs is 3. The molecule has 0 N–H and O–H groups in total. The largest absolute Gasteiger partial charge is 0.317 e. The molecular formula is C19H17N. The van der Waals surface area contributed by atoms with E-state index in [1.807, 2.05) is 6.20 Å². The lowest BCUT2D eigenvalue weighted by atomic mass is 10.1. The van der Waals surface area contributed by atoms with Gasteiger partial charge in [0.15, 0.2) is 0 Å². The van der Waals surface area contributed by atoms with E-state index >= 15 is 0 Å². The van der Waals surface area contributed by atoms with E-state index in [9.17, 15) is 0 Å². The van der Waals surface area contributed by atoms with Gasteiger partial charge in [-0.05, 0) is 35.4 Å². The first kappa shape index (κ1) is 12.5. The Hall–Kier alpha value is -2.54. The summed E-state index contributed by atoms with van der Waals surface area (Å²) in [6.07, 6.45) is 1.84. The van der Waals surface area contributed by atoms with Gasteiger partial charge in [-0.2, -0.15) is 0 Å². The number of anilines is 2. The molecule has 20 heavy (non-hydrogen) atoms. The van der Waals surface area contributed by atoms with Crippen molar-refractivity contribution in [1.82, 2.24) is 0 Å². The summed E-state index contributed by atoms with van der Waals surface area (Å²) in [5, 5.41) is 2.62. The third-order valence-electron chi connectivity index (χ3n) is 3.57. The van der Waals surface area contributed by atoms with Crippen LogP contribution in [0.2, 0.25) is 0 Å². The standard InChI is InChI=1S/C10H8.C9H9N/c1-2-6-10-8-4-3-7-9(10)5-1;1-3-10-8-5-4-7(2)9(10)6-8/h1-8H;3-6H,1H2,2H3. The smallest absolute Gasteiger partial charge is 0.0505 e. The maximum absolute atomic E-state index is 3.72. The maximum Gasteiger partial charge on any atom is 0.0505 e. The molecule has 0 saturated heterocycles. The Balaban J connectivity index is 0.000000121. The number of benzene rings is 3. The lowest BCUT2D eigenvalue weighted by Crippen LogP contribution is -2.16.